The Kier molecular flexibility index (Phi) is 4.56. The van der Waals surface area contributed by atoms with E-state index < -0.39 is 5.97 Å². The summed E-state index contributed by atoms with van der Waals surface area (Å²) >= 11 is 4.76. The van der Waals surface area contributed by atoms with Gasteiger partial charge in [0.1, 0.15) is 0 Å². The van der Waals surface area contributed by atoms with Gasteiger partial charge in [-0.05, 0) is 34.5 Å². The minimum absolute atomic E-state index is 0.00543. The Labute approximate surface area is 127 Å². The number of aromatic carboxylic acids is 1. The number of carboxylic acid groups (broad SMARTS) is 1. The SMILES string of the molecule is Cc1cc(C(=O)NCCn2cnc(C(=O)O)c2)sc1Br. The van der Waals surface area contributed by atoms with Gasteiger partial charge in [-0.2, -0.15) is 0 Å². The molecule has 0 aliphatic heterocycles. The van der Waals surface area contributed by atoms with Crippen LogP contribution in [-0.4, -0.2) is 33.1 Å². The lowest BCUT2D eigenvalue weighted by Crippen LogP contribution is -2.26. The number of nitrogens with one attached hydrogen (secondary N) is 1. The zero-order valence-electron chi connectivity index (χ0n) is 10.6. The van der Waals surface area contributed by atoms with Crippen LogP contribution in [-0.2, 0) is 6.54 Å². The van der Waals surface area contributed by atoms with Gasteiger partial charge in [0.15, 0.2) is 5.69 Å². The molecule has 2 rings (SSSR count). The normalized spacial score (nSPS) is 10.5. The highest BCUT2D eigenvalue weighted by Crippen LogP contribution is 2.27. The molecule has 8 heteroatoms. The molecule has 0 spiro atoms. The summed E-state index contributed by atoms with van der Waals surface area (Å²) in [7, 11) is 0. The number of halogens is 1. The number of carbonyl (C=O) groups excluding carboxylic acids is 1. The summed E-state index contributed by atoms with van der Waals surface area (Å²) in [6.07, 6.45) is 2.86. The molecule has 2 N–H and O–H groups in total. The Morgan fingerprint density at radius 2 is 2.30 bits per heavy atom. The Morgan fingerprint density at radius 1 is 1.55 bits per heavy atom. The van der Waals surface area contributed by atoms with Gasteiger partial charge in [-0.25, -0.2) is 9.78 Å². The first-order valence-electron chi connectivity index (χ1n) is 5.76. The standard InChI is InChI=1S/C12H12BrN3O3S/c1-7-4-9(20-10(7)13)11(17)14-2-3-16-5-8(12(18)19)15-6-16/h4-6H,2-3H2,1H3,(H,14,17)(H,18,19). The third-order valence-electron chi connectivity index (χ3n) is 2.59. The van der Waals surface area contributed by atoms with E-state index in [2.05, 4.69) is 26.2 Å². The molecule has 0 aromatic carbocycles. The molecule has 0 bridgehead atoms. The van der Waals surface area contributed by atoms with Crippen LogP contribution in [0, 0.1) is 6.92 Å². The summed E-state index contributed by atoms with van der Waals surface area (Å²) in [5, 5.41) is 11.5. The molecule has 20 heavy (non-hydrogen) atoms. The first-order valence-corrected chi connectivity index (χ1v) is 7.37. The maximum atomic E-state index is 11.9. The van der Waals surface area contributed by atoms with Crippen LogP contribution in [0.15, 0.2) is 22.4 Å². The van der Waals surface area contributed by atoms with Crippen molar-refractivity contribution in [3.05, 3.63) is 38.5 Å². The predicted molar refractivity (Wildman–Crippen MR) is 78.3 cm³/mol. The quantitative estimate of drug-likeness (QED) is 0.858. The summed E-state index contributed by atoms with van der Waals surface area (Å²) < 4.78 is 2.57. The van der Waals surface area contributed by atoms with E-state index in [-0.39, 0.29) is 11.6 Å². The second-order valence-corrected chi connectivity index (χ2v) is 6.50. The number of thiophene rings is 1. The molecule has 106 valence electrons. The van der Waals surface area contributed by atoms with E-state index in [1.54, 1.807) is 4.57 Å². The monoisotopic (exact) mass is 357 g/mol. The highest BCUT2D eigenvalue weighted by atomic mass is 79.9. The minimum Gasteiger partial charge on any atom is -0.476 e. The molecule has 0 unspecified atom stereocenters. The Balaban J connectivity index is 1.86. The van der Waals surface area contributed by atoms with Crippen molar-refractivity contribution in [2.24, 2.45) is 0 Å². The molecule has 0 saturated heterocycles. The van der Waals surface area contributed by atoms with Crippen molar-refractivity contribution in [3.8, 4) is 0 Å². The van der Waals surface area contributed by atoms with Gasteiger partial charge in [0.25, 0.3) is 5.91 Å². The largest absolute Gasteiger partial charge is 0.476 e. The number of nitrogens with zero attached hydrogens (tertiary/aromatic N) is 2. The fourth-order valence-electron chi connectivity index (χ4n) is 1.55. The van der Waals surface area contributed by atoms with Crippen LogP contribution in [0.3, 0.4) is 0 Å². The minimum atomic E-state index is -1.06. The lowest BCUT2D eigenvalue weighted by Gasteiger charge is -2.03. The fraction of sp³-hybridized carbons (Fsp3) is 0.250. The first-order chi connectivity index (χ1) is 9.47. The van der Waals surface area contributed by atoms with Crippen molar-refractivity contribution in [2.75, 3.05) is 6.54 Å². The molecular weight excluding hydrogens is 346 g/mol. The summed E-state index contributed by atoms with van der Waals surface area (Å²) in [6.45, 7) is 2.80. The van der Waals surface area contributed by atoms with Crippen molar-refractivity contribution >= 4 is 39.1 Å². The molecule has 2 aromatic heterocycles. The lowest BCUT2D eigenvalue weighted by molar-refractivity contribution is 0.0690. The molecule has 2 aromatic rings. The smallest absolute Gasteiger partial charge is 0.356 e. The van der Waals surface area contributed by atoms with Crippen molar-refractivity contribution in [3.63, 3.8) is 0 Å². The maximum Gasteiger partial charge on any atom is 0.356 e. The highest BCUT2D eigenvalue weighted by molar-refractivity contribution is 9.11. The molecule has 6 nitrogen and oxygen atoms in total. The number of hydrogen-bond donors (Lipinski definition) is 2. The van der Waals surface area contributed by atoms with Gasteiger partial charge in [-0.3, -0.25) is 4.79 Å². The number of imidazole rings is 1. The van der Waals surface area contributed by atoms with E-state index in [0.29, 0.717) is 18.0 Å². The van der Waals surface area contributed by atoms with E-state index in [4.69, 9.17) is 5.11 Å². The van der Waals surface area contributed by atoms with Crippen LogP contribution >= 0.6 is 27.3 Å². The lowest BCUT2D eigenvalue weighted by atomic mass is 10.3. The molecule has 0 atom stereocenters. The average Bonchev–Trinajstić information content (AvgIpc) is 2.98. The van der Waals surface area contributed by atoms with Gasteiger partial charge in [0.05, 0.1) is 15.0 Å². The molecular formula is C12H12BrN3O3S. The zero-order valence-corrected chi connectivity index (χ0v) is 13.0. The summed E-state index contributed by atoms with van der Waals surface area (Å²) in [4.78, 5) is 26.9. The van der Waals surface area contributed by atoms with Crippen LogP contribution < -0.4 is 5.32 Å². The van der Waals surface area contributed by atoms with Crippen LogP contribution in [0.4, 0.5) is 0 Å². The topological polar surface area (TPSA) is 84.2 Å². The molecule has 0 aliphatic rings. The molecule has 0 fully saturated rings. The van der Waals surface area contributed by atoms with Crippen molar-refractivity contribution in [1.82, 2.24) is 14.9 Å². The van der Waals surface area contributed by atoms with Crippen molar-refractivity contribution in [2.45, 2.75) is 13.5 Å². The number of amides is 1. The Bertz CT molecular complexity index is 631. The van der Waals surface area contributed by atoms with Crippen LogP contribution in [0.2, 0.25) is 0 Å². The van der Waals surface area contributed by atoms with Crippen molar-refractivity contribution in [1.29, 1.82) is 0 Å². The Hall–Kier alpha value is -1.67. The molecule has 1 amide bonds. The van der Waals surface area contributed by atoms with E-state index in [1.165, 1.54) is 23.9 Å². The van der Waals surface area contributed by atoms with Gasteiger partial charge >= 0.3 is 5.97 Å². The summed E-state index contributed by atoms with van der Waals surface area (Å²) in [5.41, 5.74) is 1.02. The maximum absolute atomic E-state index is 11.9. The summed E-state index contributed by atoms with van der Waals surface area (Å²) in [5.74, 6) is -1.20. The molecule has 2 heterocycles. The molecule has 0 saturated carbocycles. The molecule has 0 aliphatic carbocycles. The van der Waals surface area contributed by atoms with Crippen LogP contribution in [0.1, 0.15) is 25.7 Å². The first kappa shape index (κ1) is 14.7. The van der Waals surface area contributed by atoms with Crippen LogP contribution in [0.25, 0.3) is 0 Å². The van der Waals surface area contributed by atoms with E-state index in [0.717, 1.165) is 9.35 Å². The van der Waals surface area contributed by atoms with Gasteiger partial charge in [-0.15, -0.1) is 11.3 Å². The van der Waals surface area contributed by atoms with Gasteiger partial charge < -0.3 is 15.0 Å². The van der Waals surface area contributed by atoms with E-state index in [9.17, 15) is 9.59 Å². The Morgan fingerprint density at radius 3 is 2.85 bits per heavy atom. The van der Waals surface area contributed by atoms with Crippen LogP contribution in [0.5, 0.6) is 0 Å². The number of hydrogen-bond acceptors (Lipinski definition) is 4. The zero-order chi connectivity index (χ0) is 14.7. The number of carboxylic acids is 1. The second-order valence-electron chi connectivity index (χ2n) is 4.13. The van der Waals surface area contributed by atoms with E-state index >= 15 is 0 Å². The predicted octanol–water partition coefficient (Wildman–Crippen LogP) is 2.14. The summed E-state index contributed by atoms with van der Waals surface area (Å²) in [6, 6.07) is 1.82. The van der Waals surface area contributed by atoms with Gasteiger partial charge in [0.2, 0.25) is 0 Å². The van der Waals surface area contributed by atoms with Crippen molar-refractivity contribution < 1.29 is 14.7 Å². The number of rotatable bonds is 5. The van der Waals surface area contributed by atoms with Gasteiger partial charge in [0, 0.05) is 19.3 Å². The molecule has 0 radical (unpaired) electrons. The average molecular weight is 358 g/mol. The third-order valence-corrected chi connectivity index (χ3v) is 4.72. The van der Waals surface area contributed by atoms with Gasteiger partial charge in [-0.1, -0.05) is 0 Å². The number of aryl methyl sites for hydroxylation is 1. The number of aromatic nitrogens is 2. The highest BCUT2D eigenvalue weighted by Gasteiger charge is 2.11. The third kappa shape index (κ3) is 3.45. The number of carbonyl (C=O) groups is 2. The van der Waals surface area contributed by atoms with E-state index in [1.807, 2.05) is 13.0 Å². The fourth-order valence-corrected chi connectivity index (χ4v) is 3.00. The second kappa shape index (κ2) is 6.19.